The Hall–Kier alpha value is -2.55. The highest BCUT2D eigenvalue weighted by atomic mass is 79.9. The lowest BCUT2D eigenvalue weighted by molar-refractivity contribution is -0.123. The van der Waals surface area contributed by atoms with Gasteiger partial charge >= 0.3 is 0 Å². The Morgan fingerprint density at radius 1 is 1.33 bits per heavy atom. The Morgan fingerprint density at radius 2 is 2.07 bits per heavy atom. The maximum absolute atomic E-state index is 13.2. The third-order valence-corrected chi connectivity index (χ3v) is 5.10. The molecule has 1 aliphatic carbocycles. The van der Waals surface area contributed by atoms with Crippen molar-refractivity contribution in [2.45, 2.75) is 19.3 Å². The largest absolute Gasteiger partial charge is 0.338 e. The van der Waals surface area contributed by atoms with Gasteiger partial charge in [-0.05, 0) is 52.9 Å². The van der Waals surface area contributed by atoms with Crippen LogP contribution in [0.4, 0.5) is 15.9 Å². The molecule has 2 aromatic rings. The maximum Gasteiger partial charge on any atom is 0.225 e. The lowest BCUT2D eigenvalue weighted by Crippen LogP contribution is -2.38. The fourth-order valence-electron chi connectivity index (χ4n) is 3.04. The van der Waals surface area contributed by atoms with Crippen molar-refractivity contribution in [3.8, 4) is 0 Å². The van der Waals surface area contributed by atoms with E-state index in [9.17, 15) is 14.0 Å². The fourth-order valence-corrected chi connectivity index (χ4v) is 3.42. The summed E-state index contributed by atoms with van der Waals surface area (Å²) < 4.78 is 15.1. The van der Waals surface area contributed by atoms with E-state index in [1.807, 2.05) is 0 Å². The first-order valence-electron chi connectivity index (χ1n) is 8.46. The number of rotatable bonds is 6. The Labute approximate surface area is 164 Å². The highest BCUT2D eigenvalue weighted by Gasteiger charge is 2.37. The van der Waals surface area contributed by atoms with Gasteiger partial charge in [-0.2, -0.15) is 5.10 Å². The predicted octanol–water partition coefficient (Wildman–Crippen LogP) is 3.33. The van der Waals surface area contributed by atoms with Gasteiger partial charge in [-0.15, -0.1) is 0 Å². The molecule has 1 amide bonds. The van der Waals surface area contributed by atoms with Crippen LogP contribution in [0.25, 0.3) is 0 Å². The van der Waals surface area contributed by atoms with Crippen LogP contribution in [0.15, 0.2) is 34.9 Å². The summed E-state index contributed by atoms with van der Waals surface area (Å²) in [6, 6.07) is 5.91. The van der Waals surface area contributed by atoms with E-state index in [0.29, 0.717) is 30.8 Å². The Kier molecular flexibility index (Phi) is 5.69. The average Bonchev–Trinajstić information content (AvgIpc) is 2.98. The summed E-state index contributed by atoms with van der Waals surface area (Å²) >= 11 is 3.07. The first kappa shape index (κ1) is 19.2. The van der Waals surface area contributed by atoms with E-state index in [0.717, 1.165) is 0 Å². The SMILES string of the molecule is Cn1ccc(NC(=O)C[C@H]2C[C@H](C(=O)C(=N)Nc3ccc(F)c(Br)c3)C2)n1. The number of halogens is 2. The van der Waals surface area contributed by atoms with Gasteiger partial charge < -0.3 is 10.6 Å². The van der Waals surface area contributed by atoms with Crippen LogP contribution in [0.2, 0.25) is 0 Å². The molecule has 0 aliphatic heterocycles. The molecule has 0 radical (unpaired) electrons. The minimum Gasteiger partial charge on any atom is -0.338 e. The van der Waals surface area contributed by atoms with Crippen molar-refractivity contribution < 1.29 is 14.0 Å². The monoisotopic (exact) mass is 435 g/mol. The van der Waals surface area contributed by atoms with Gasteiger partial charge in [-0.25, -0.2) is 4.39 Å². The minimum absolute atomic E-state index is 0.121. The van der Waals surface area contributed by atoms with Crippen LogP contribution in [0.5, 0.6) is 0 Å². The van der Waals surface area contributed by atoms with Crippen molar-refractivity contribution in [2.75, 3.05) is 10.6 Å². The summed E-state index contributed by atoms with van der Waals surface area (Å²) in [6.45, 7) is 0. The molecule has 1 aromatic carbocycles. The molecule has 1 aliphatic rings. The van der Waals surface area contributed by atoms with Crippen molar-refractivity contribution >= 4 is 45.0 Å². The smallest absolute Gasteiger partial charge is 0.225 e. The van der Waals surface area contributed by atoms with Crippen LogP contribution >= 0.6 is 15.9 Å². The Bertz CT molecular complexity index is 892. The first-order valence-corrected chi connectivity index (χ1v) is 9.25. The molecule has 1 saturated carbocycles. The van der Waals surface area contributed by atoms with Crippen LogP contribution in [0.1, 0.15) is 19.3 Å². The zero-order valence-electron chi connectivity index (χ0n) is 14.6. The molecule has 0 bridgehead atoms. The molecule has 3 rings (SSSR count). The third kappa shape index (κ3) is 4.79. The molecule has 0 saturated heterocycles. The van der Waals surface area contributed by atoms with E-state index in [-0.39, 0.29) is 33.8 Å². The van der Waals surface area contributed by atoms with Gasteiger partial charge in [0.2, 0.25) is 11.7 Å². The lowest BCUT2D eigenvalue weighted by Gasteiger charge is -2.33. The summed E-state index contributed by atoms with van der Waals surface area (Å²) in [4.78, 5) is 24.3. The number of nitrogens with one attached hydrogen (secondary N) is 3. The molecular formula is C18H19BrFN5O2. The molecule has 142 valence electrons. The average molecular weight is 436 g/mol. The summed E-state index contributed by atoms with van der Waals surface area (Å²) in [7, 11) is 1.77. The van der Waals surface area contributed by atoms with Crippen molar-refractivity contribution in [2.24, 2.45) is 18.9 Å². The van der Waals surface area contributed by atoms with Gasteiger partial charge in [0.1, 0.15) is 5.82 Å². The highest BCUT2D eigenvalue weighted by Crippen LogP contribution is 2.37. The number of hydrogen-bond acceptors (Lipinski definition) is 4. The van der Waals surface area contributed by atoms with E-state index >= 15 is 0 Å². The number of carbonyl (C=O) groups is 2. The van der Waals surface area contributed by atoms with Crippen LogP contribution in [-0.2, 0) is 16.6 Å². The van der Waals surface area contributed by atoms with E-state index in [2.05, 4.69) is 31.7 Å². The van der Waals surface area contributed by atoms with Crippen LogP contribution in [-0.4, -0.2) is 27.3 Å². The second-order valence-electron chi connectivity index (χ2n) is 6.65. The number of anilines is 2. The summed E-state index contributed by atoms with van der Waals surface area (Å²) in [5.41, 5.74) is 0.465. The Morgan fingerprint density at radius 3 is 2.70 bits per heavy atom. The van der Waals surface area contributed by atoms with Gasteiger partial charge in [0.05, 0.1) is 4.47 Å². The molecule has 0 atom stereocenters. The third-order valence-electron chi connectivity index (χ3n) is 4.50. The highest BCUT2D eigenvalue weighted by molar-refractivity contribution is 9.10. The number of hydrogen-bond donors (Lipinski definition) is 3. The number of aryl methyl sites for hydroxylation is 1. The molecule has 0 unspecified atom stereocenters. The molecule has 1 fully saturated rings. The molecule has 1 heterocycles. The number of amides is 1. The number of nitrogens with zero attached hydrogens (tertiary/aromatic N) is 2. The number of Topliss-reactive ketones (excluding diaryl/α,β-unsaturated/α-hetero) is 1. The van der Waals surface area contributed by atoms with Crippen molar-refractivity contribution in [3.63, 3.8) is 0 Å². The minimum atomic E-state index is -0.413. The van der Waals surface area contributed by atoms with Crippen LogP contribution in [0, 0.1) is 23.1 Å². The van der Waals surface area contributed by atoms with E-state index < -0.39 is 5.82 Å². The number of amidine groups is 1. The van der Waals surface area contributed by atoms with Gasteiger partial charge in [0.25, 0.3) is 0 Å². The molecule has 1 aromatic heterocycles. The van der Waals surface area contributed by atoms with Crippen molar-refractivity contribution in [3.05, 3.63) is 40.8 Å². The normalized spacial score (nSPS) is 18.5. The zero-order valence-corrected chi connectivity index (χ0v) is 16.2. The first-order chi connectivity index (χ1) is 12.8. The van der Waals surface area contributed by atoms with E-state index in [1.165, 1.54) is 18.2 Å². The van der Waals surface area contributed by atoms with Crippen LogP contribution in [0.3, 0.4) is 0 Å². The molecular weight excluding hydrogens is 417 g/mol. The molecule has 7 nitrogen and oxygen atoms in total. The quantitative estimate of drug-likeness (QED) is 0.478. The number of carbonyl (C=O) groups excluding carboxylic acids is 2. The Balaban J connectivity index is 1.44. The van der Waals surface area contributed by atoms with E-state index in [1.54, 1.807) is 24.0 Å². The van der Waals surface area contributed by atoms with Gasteiger partial charge in [-0.3, -0.25) is 19.7 Å². The number of aromatic nitrogens is 2. The second kappa shape index (κ2) is 7.99. The summed E-state index contributed by atoms with van der Waals surface area (Å²) in [5, 5.41) is 17.4. The van der Waals surface area contributed by atoms with Crippen molar-refractivity contribution in [1.29, 1.82) is 5.41 Å². The van der Waals surface area contributed by atoms with E-state index in [4.69, 9.17) is 5.41 Å². The molecule has 3 N–H and O–H groups in total. The van der Waals surface area contributed by atoms with Gasteiger partial charge in [0.15, 0.2) is 11.7 Å². The maximum atomic E-state index is 13.2. The summed E-state index contributed by atoms with van der Waals surface area (Å²) in [6.07, 6.45) is 3.22. The number of benzene rings is 1. The predicted molar refractivity (Wildman–Crippen MR) is 103 cm³/mol. The van der Waals surface area contributed by atoms with Crippen molar-refractivity contribution in [1.82, 2.24) is 9.78 Å². The second-order valence-corrected chi connectivity index (χ2v) is 7.51. The van der Waals surface area contributed by atoms with Crippen LogP contribution < -0.4 is 10.6 Å². The van der Waals surface area contributed by atoms with Gasteiger partial charge in [-0.1, -0.05) is 0 Å². The zero-order chi connectivity index (χ0) is 19.6. The van der Waals surface area contributed by atoms with Gasteiger partial charge in [0, 0.05) is 37.3 Å². The molecule has 27 heavy (non-hydrogen) atoms. The topological polar surface area (TPSA) is 99.9 Å². The lowest BCUT2D eigenvalue weighted by atomic mass is 9.71. The number of ketones is 1. The standard InChI is InChI=1S/C18H19BrFN5O2/c1-25-5-4-15(24-25)23-16(26)8-10-6-11(7-10)17(27)18(21)22-12-2-3-14(20)13(19)9-12/h2-5,9-11H,6-8H2,1H3,(H2,21,22)(H,23,24,26)/t10-,11-. The molecule has 9 heteroatoms. The fraction of sp³-hybridized carbons (Fsp3) is 0.333. The molecule has 0 spiro atoms. The summed E-state index contributed by atoms with van der Waals surface area (Å²) in [5.74, 6) is -0.701.